The maximum atomic E-state index is 8.96. The van der Waals surface area contributed by atoms with Gasteiger partial charge < -0.3 is 20.6 Å². The van der Waals surface area contributed by atoms with E-state index in [1.54, 1.807) is 0 Å². The molecule has 1 aromatic rings. The summed E-state index contributed by atoms with van der Waals surface area (Å²) in [6, 6.07) is 0. The van der Waals surface area contributed by atoms with Crippen LogP contribution < -0.4 is 15.5 Å². The number of anilines is 3. The first kappa shape index (κ1) is 12.5. The monoisotopic (exact) mass is 225 g/mol. The molecule has 0 radical (unpaired) electrons. The van der Waals surface area contributed by atoms with Crippen LogP contribution in [0.4, 0.5) is 17.3 Å². The smallest absolute Gasteiger partial charge is 0.157 e. The van der Waals surface area contributed by atoms with E-state index in [0.29, 0.717) is 23.9 Å². The Morgan fingerprint density at radius 1 is 1.31 bits per heavy atom. The van der Waals surface area contributed by atoms with E-state index >= 15 is 0 Å². The first-order chi connectivity index (χ1) is 7.61. The Balaban J connectivity index is 3.08. The second-order valence-electron chi connectivity index (χ2n) is 3.63. The van der Waals surface area contributed by atoms with Gasteiger partial charge in [-0.15, -0.1) is 0 Å². The van der Waals surface area contributed by atoms with E-state index in [0.717, 1.165) is 6.54 Å². The van der Waals surface area contributed by atoms with Gasteiger partial charge in [-0.05, 0) is 6.92 Å². The fourth-order valence-electron chi connectivity index (χ4n) is 1.52. The molecule has 1 rings (SSSR count). The maximum Gasteiger partial charge on any atom is 0.157 e. The minimum absolute atomic E-state index is 0.0780. The van der Waals surface area contributed by atoms with Gasteiger partial charge in [-0.1, -0.05) is 0 Å². The number of aliphatic hydroxyl groups excluding tert-OH is 1. The number of nitrogen functional groups attached to an aromatic ring is 1. The Morgan fingerprint density at radius 2 is 1.94 bits per heavy atom. The van der Waals surface area contributed by atoms with Gasteiger partial charge in [0.2, 0.25) is 0 Å². The maximum absolute atomic E-state index is 8.96. The van der Waals surface area contributed by atoms with Crippen LogP contribution in [-0.4, -0.2) is 48.9 Å². The summed E-state index contributed by atoms with van der Waals surface area (Å²) >= 11 is 0. The number of likely N-dealkylation sites (N-methyl/N-ethyl adjacent to an activating group) is 1. The third-order valence-electron chi connectivity index (χ3n) is 2.32. The molecule has 0 aliphatic heterocycles. The number of hydrogen-bond acceptors (Lipinski definition) is 6. The molecule has 90 valence electrons. The quantitative estimate of drug-likeness (QED) is 0.731. The zero-order valence-electron chi connectivity index (χ0n) is 10.0. The molecule has 0 aliphatic carbocycles. The van der Waals surface area contributed by atoms with E-state index in [1.807, 2.05) is 30.8 Å². The zero-order valence-corrected chi connectivity index (χ0v) is 10.0. The van der Waals surface area contributed by atoms with Crippen molar-refractivity contribution >= 4 is 17.3 Å². The van der Waals surface area contributed by atoms with E-state index < -0.39 is 0 Å². The molecule has 3 N–H and O–H groups in total. The first-order valence-corrected chi connectivity index (χ1v) is 5.25. The minimum atomic E-state index is 0.0780. The highest BCUT2D eigenvalue weighted by molar-refractivity contribution is 5.75. The molecule has 0 amide bonds. The number of nitrogens with two attached hydrogens (primary N) is 1. The third kappa shape index (κ3) is 2.52. The Hall–Kier alpha value is -1.56. The minimum Gasteiger partial charge on any atom is -0.395 e. The molecule has 0 aromatic carbocycles. The van der Waals surface area contributed by atoms with Crippen LogP contribution in [0.15, 0.2) is 6.33 Å². The molecule has 0 saturated carbocycles. The Bertz CT molecular complexity index is 342. The third-order valence-corrected chi connectivity index (χ3v) is 2.32. The standard InChI is InChI=1S/C10H19N5O/c1-4-15(5-6-16)10-8(11)9(14(2)3)12-7-13-10/h7,16H,4-6,11H2,1-3H3. The van der Waals surface area contributed by atoms with Crippen LogP contribution in [0.3, 0.4) is 0 Å². The van der Waals surface area contributed by atoms with Crippen molar-refractivity contribution in [2.24, 2.45) is 0 Å². The molecule has 1 heterocycles. The van der Waals surface area contributed by atoms with Crippen LogP contribution in [0.5, 0.6) is 0 Å². The molecule has 0 saturated heterocycles. The molecule has 6 heteroatoms. The SMILES string of the molecule is CCN(CCO)c1ncnc(N(C)C)c1N. The van der Waals surface area contributed by atoms with Crippen molar-refractivity contribution in [2.75, 3.05) is 49.3 Å². The molecule has 16 heavy (non-hydrogen) atoms. The van der Waals surface area contributed by atoms with Gasteiger partial charge in [-0.2, -0.15) is 0 Å². The number of nitrogens with zero attached hydrogens (tertiary/aromatic N) is 4. The van der Waals surface area contributed by atoms with Crippen LogP contribution >= 0.6 is 0 Å². The highest BCUT2D eigenvalue weighted by atomic mass is 16.3. The molecular weight excluding hydrogens is 206 g/mol. The van der Waals surface area contributed by atoms with Crippen LogP contribution in [-0.2, 0) is 0 Å². The summed E-state index contributed by atoms with van der Waals surface area (Å²) in [7, 11) is 3.76. The van der Waals surface area contributed by atoms with Crippen molar-refractivity contribution in [3.63, 3.8) is 0 Å². The summed E-state index contributed by atoms with van der Waals surface area (Å²) in [5.74, 6) is 1.37. The Morgan fingerprint density at radius 3 is 2.44 bits per heavy atom. The van der Waals surface area contributed by atoms with Gasteiger partial charge in [0.25, 0.3) is 0 Å². The molecule has 6 nitrogen and oxygen atoms in total. The molecule has 0 unspecified atom stereocenters. The summed E-state index contributed by atoms with van der Waals surface area (Å²) in [5.41, 5.74) is 6.55. The molecule has 0 fully saturated rings. The predicted octanol–water partition coefficient (Wildman–Crippen LogP) is -0.0566. The lowest BCUT2D eigenvalue weighted by molar-refractivity contribution is 0.302. The molecule has 0 atom stereocenters. The van der Waals surface area contributed by atoms with Crippen molar-refractivity contribution in [1.29, 1.82) is 0 Å². The molecular formula is C10H19N5O. The first-order valence-electron chi connectivity index (χ1n) is 5.25. The summed E-state index contributed by atoms with van der Waals surface area (Å²) in [4.78, 5) is 12.0. The lowest BCUT2D eigenvalue weighted by Gasteiger charge is -2.24. The summed E-state index contributed by atoms with van der Waals surface area (Å²) in [6.45, 7) is 3.33. The average Bonchev–Trinajstić information content (AvgIpc) is 2.26. The van der Waals surface area contributed by atoms with Crippen molar-refractivity contribution < 1.29 is 5.11 Å². The largest absolute Gasteiger partial charge is 0.395 e. The molecule has 1 aromatic heterocycles. The fraction of sp³-hybridized carbons (Fsp3) is 0.600. The van der Waals surface area contributed by atoms with Crippen LogP contribution in [0, 0.1) is 0 Å². The van der Waals surface area contributed by atoms with Crippen LogP contribution in [0.25, 0.3) is 0 Å². The van der Waals surface area contributed by atoms with E-state index in [4.69, 9.17) is 10.8 Å². The van der Waals surface area contributed by atoms with Gasteiger partial charge in [0, 0.05) is 27.2 Å². The van der Waals surface area contributed by atoms with Crippen molar-refractivity contribution in [2.45, 2.75) is 6.92 Å². The molecule has 0 aliphatic rings. The Labute approximate surface area is 95.7 Å². The second kappa shape index (κ2) is 5.50. The van der Waals surface area contributed by atoms with Crippen molar-refractivity contribution in [3.8, 4) is 0 Å². The van der Waals surface area contributed by atoms with Gasteiger partial charge in [0.05, 0.1) is 6.61 Å². The van der Waals surface area contributed by atoms with Gasteiger partial charge >= 0.3 is 0 Å². The average molecular weight is 225 g/mol. The number of rotatable bonds is 5. The number of aromatic nitrogens is 2. The highest BCUT2D eigenvalue weighted by Gasteiger charge is 2.14. The lowest BCUT2D eigenvalue weighted by atomic mass is 10.3. The zero-order chi connectivity index (χ0) is 12.1. The van der Waals surface area contributed by atoms with E-state index in [-0.39, 0.29) is 6.61 Å². The summed E-state index contributed by atoms with van der Waals surface area (Å²) < 4.78 is 0. The van der Waals surface area contributed by atoms with Gasteiger partial charge in [-0.25, -0.2) is 9.97 Å². The molecule has 0 spiro atoms. The van der Waals surface area contributed by atoms with E-state index in [1.165, 1.54) is 6.33 Å². The second-order valence-corrected chi connectivity index (χ2v) is 3.63. The van der Waals surface area contributed by atoms with Crippen molar-refractivity contribution in [1.82, 2.24) is 9.97 Å². The topological polar surface area (TPSA) is 78.5 Å². The fourth-order valence-corrected chi connectivity index (χ4v) is 1.52. The van der Waals surface area contributed by atoms with E-state index in [2.05, 4.69) is 9.97 Å². The molecule has 0 bridgehead atoms. The highest BCUT2D eigenvalue weighted by Crippen LogP contribution is 2.27. The van der Waals surface area contributed by atoms with Gasteiger partial charge in [-0.3, -0.25) is 0 Å². The number of aliphatic hydroxyl groups is 1. The van der Waals surface area contributed by atoms with Crippen molar-refractivity contribution in [3.05, 3.63) is 6.33 Å². The van der Waals surface area contributed by atoms with Crippen LogP contribution in [0.1, 0.15) is 6.92 Å². The summed E-state index contributed by atoms with van der Waals surface area (Å²) in [5, 5.41) is 8.96. The van der Waals surface area contributed by atoms with Gasteiger partial charge in [0.15, 0.2) is 11.6 Å². The Kier molecular flexibility index (Phi) is 4.30. The normalized spacial score (nSPS) is 10.2. The van der Waals surface area contributed by atoms with Gasteiger partial charge in [0.1, 0.15) is 12.0 Å². The number of hydrogen-bond donors (Lipinski definition) is 2. The van der Waals surface area contributed by atoms with E-state index in [9.17, 15) is 0 Å². The lowest BCUT2D eigenvalue weighted by Crippen LogP contribution is -2.28. The summed E-state index contributed by atoms with van der Waals surface area (Å²) in [6.07, 6.45) is 1.49. The predicted molar refractivity (Wildman–Crippen MR) is 65.7 cm³/mol. The van der Waals surface area contributed by atoms with Crippen LogP contribution in [0.2, 0.25) is 0 Å².